The number of hydrazone groups is 1. The minimum Gasteiger partial charge on any atom is -0.484 e. The van der Waals surface area contributed by atoms with Crippen molar-refractivity contribution in [3.8, 4) is 17.0 Å². The zero-order valence-electron chi connectivity index (χ0n) is 22.8. The van der Waals surface area contributed by atoms with E-state index in [4.69, 9.17) is 27.9 Å². The van der Waals surface area contributed by atoms with Crippen molar-refractivity contribution >= 4 is 69.1 Å². The number of anilines is 3. The summed E-state index contributed by atoms with van der Waals surface area (Å²) in [4.78, 5) is 29.5. The summed E-state index contributed by atoms with van der Waals surface area (Å²) < 4.78 is 5.61. The molecule has 11 heteroatoms. The third kappa shape index (κ3) is 8.42. The fraction of sp³-hybridized carbons (Fsp3) is 0.0625. The Labute approximate surface area is 262 Å². The summed E-state index contributed by atoms with van der Waals surface area (Å²) >= 11 is 13.5. The molecule has 0 saturated heterocycles. The number of hydrogen-bond acceptors (Lipinski definition) is 7. The summed E-state index contributed by atoms with van der Waals surface area (Å²) in [5, 5.41) is 14.0. The fourth-order valence-electron chi connectivity index (χ4n) is 3.84. The molecule has 0 radical (unpaired) electrons. The van der Waals surface area contributed by atoms with Gasteiger partial charge in [-0.1, -0.05) is 53.5 Å². The van der Waals surface area contributed by atoms with Crippen molar-refractivity contribution in [3.63, 3.8) is 0 Å². The molecule has 1 aromatic heterocycles. The molecule has 0 spiro atoms. The number of nitrogens with one attached hydrogen (secondary N) is 3. The Kier molecular flexibility index (Phi) is 9.68. The lowest BCUT2D eigenvalue weighted by atomic mass is 10.1. The Morgan fingerprint density at radius 1 is 0.953 bits per heavy atom. The molecular formula is C32H25Cl2N5O3S. The van der Waals surface area contributed by atoms with Crippen LogP contribution in [-0.4, -0.2) is 29.6 Å². The summed E-state index contributed by atoms with van der Waals surface area (Å²) in [6.07, 6.45) is 1.50. The molecule has 5 aromatic rings. The average Bonchev–Trinajstić information content (AvgIpc) is 3.48. The van der Waals surface area contributed by atoms with Gasteiger partial charge in [0, 0.05) is 37.9 Å². The molecular weight excluding hydrogens is 605 g/mol. The van der Waals surface area contributed by atoms with Gasteiger partial charge in [0.1, 0.15) is 5.75 Å². The monoisotopic (exact) mass is 629 g/mol. The number of amides is 2. The van der Waals surface area contributed by atoms with Crippen LogP contribution in [0.5, 0.6) is 5.75 Å². The lowest BCUT2D eigenvalue weighted by Crippen LogP contribution is -2.20. The number of hydrogen-bond donors (Lipinski definition) is 3. The molecule has 0 atom stereocenters. The number of carbonyl (C=O) groups excluding carboxylic acids is 2. The van der Waals surface area contributed by atoms with Crippen LogP contribution in [0.4, 0.5) is 16.5 Å². The van der Waals surface area contributed by atoms with Crippen molar-refractivity contribution < 1.29 is 14.3 Å². The van der Waals surface area contributed by atoms with Gasteiger partial charge < -0.3 is 15.4 Å². The largest absolute Gasteiger partial charge is 0.484 e. The van der Waals surface area contributed by atoms with Crippen LogP contribution in [0.15, 0.2) is 101 Å². The van der Waals surface area contributed by atoms with Gasteiger partial charge in [0.15, 0.2) is 11.7 Å². The number of carbonyl (C=O) groups is 2. The van der Waals surface area contributed by atoms with Gasteiger partial charge >= 0.3 is 0 Å². The second-order valence-electron chi connectivity index (χ2n) is 9.32. The Bertz CT molecular complexity index is 1770. The van der Waals surface area contributed by atoms with Crippen molar-refractivity contribution in [1.29, 1.82) is 0 Å². The minimum absolute atomic E-state index is 0.181. The van der Waals surface area contributed by atoms with E-state index in [9.17, 15) is 9.59 Å². The molecule has 3 N–H and O–H groups in total. The molecule has 2 amide bonds. The molecule has 1 heterocycles. The maximum Gasteiger partial charge on any atom is 0.271 e. The Balaban J connectivity index is 1.11. The van der Waals surface area contributed by atoms with Gasteiger partial charge in [-0.25, -0.2) is 10.4 Å². The highest BCUT2D eigenvalue weighted by atomic mass is 35.5. The van der Waals surface area contributed by atoms with E-state index in [2.05, 4.69) is 26.1 Å². The summed E-state index contributed by atoms with van der Waals surface area (Å²) in [5.41, 5.74) is 7.76. The molecule has 0 fully saturated rings. The molecule has 0 bridgehead atoms. The number of aromatic nitrogens is 1. The molecule has 0 saturated carbocycles. The van der Waals surface area contributed by atoms with Gasteiger partial charge in [0.05, 0.1) is 11.9 Å². The van der Waals surface area contributed by atoms with Crippen molar-refractivity contribution in [1.82, 2.24) is 10.4 Å². The highest BCUT2D eigenvalue weighted by molar-refractivity contribution is 7.14. The number of benzene rings is 4. The van der Waals surface area contributed by atoms with Crippen LogP contribution in [0.2, 0.25) is 10.0 Å². The van der Waals surface area contributed by atoms with E-state index in [1.807, 2.05) is 54.8 Å². The first kappa shape index (κ1) is 29.8. The van der Waals surface area contributed by atoms with Crippen LogP contribution in [0.1, 0.15) is 21.5 Å². The topological polar surface area (TPSA) is 105 Å². The third-order valence-electron chi connectivity index (χ3n) is 6.11. The predicted molar refractivity (Wildman–Crippen MR) is 174 cm³/mol. The van der Waals surface area contributed by atoms with Gasteiger partial charge in [-0.3, -0.25) is 9.59 Å². The second kappa shape index (κ2) is 14.0. The highest BCUT2D eigenvalue weighted by Gasteiger charge is 2.09. The number of ether oxygens (including phenoxy) is 1. The quantitative estimate of drug-likeness (QED) is 0.107. The molecule has 0 aliphatic heterocycles. The zero-order chi connectivity index (χ0) is 30.2. The minimum atomic E-state index is -0.355. The van der Waals surface area contributed by atoms with E-state index < -0.39 is 0 Å². The second-order valence-corrected chi connectivity index (χ2v) is 11.0. The third-order valence-corrected chi connectivity index (χ3v) is 7.52. The normalized spacial score (nSPS) is 10.9. The Morgan fingerprint density at radius 3 is 2.49 bits per heavy atom. The lowest BCUT2D eigenvalue weighted by molar-refractivity contribution is -0.118. The zero-order valence-corrected chi connectivity index (χ0v) is 25.1. The maximum absolute atomic E-state index is 12.6. The van der Waals surface area contributed by atoms with E-state index in [-0.39, 0.29) is 18.4 Å². The van der Waals surface area contributed by atoms with E-state index in [1.54, 1.807) is 48.5 Å². The van der Waals surface area contributed by atoms with Crippen molar-refractivity contribution in [2.75, 3.05) is 17.2 Å². The van der Waals surface area contributed by atoms with Gasteiger partial charge in [-0.05, 0) is 78.7 Å². The van der Waals surface area contributed by atoms with Crippen LogP contribution in [-0.2, 0) is 4.79 Å². The van der Waals surface area contributed by atoms with Gasteiger partial charge in [0.2, 0.25) is 0 Å². The van der Waals surface area contributed by atoms with E-state index >= 15 is 0 Å². The smallest absolute Gasteiger partial charge is 0.271 e. The van der Waals surface area contributed by atoms with Gasteiger partial charge in [-0.15, -0.1) is 11.3 Å². The Morgan fingerprint density at radius 2 is 1.72 bits per heavy atom. The molecule has 4 aromatic carbocycles. The standard InChI is InChI=1S/C32H25Cl2N5O3S/c1-20-5-12-26(16-28(20)34)36-30(40)18-42-27-4-2-3-21(15-27)17-35-39-31(41)23-8-6-22(7-9-23)29-19-43-32(38-29)37-25-13-10-24(33)11-14-25/h2-17,19H,18H2,1H3,(H,36,40)(H,37,38)(H,39,41)/b35-17-. The summed E-state index contributed by atoms with van der Waals surface area (Å²) in [5.74, 6) is -0.190. The lowest BCUT2D eigenvalue weighted by Gasteiger charge is -2.09. The first-order chi connectivity index (χ1) is 20.8. The van der Waals surface area contributed by atoms with Crippen LogP contribution in [0.3, 0.4) is 0 Å². The van der Waals surface area contributed by atoms with Gasteiger partial charge in [0.25, 0.3) is 11.8 Å². The van der Waals surface area contributed by atoms with Crippen LogP contribution in [0, 0.1) is 6.92 Å². The van der Waals surface area contributed by atoms with E-state index in [1.165, 1.54) is 17.6 Å². The molecule has 216 valence electrons. The summed E-state index contributed by atoms with van der Waals surface area (Å²) in [6.45, 7) is 1.71. The van der Waals surface area contributed by atoms with Gasteiger partial charge in [-0.2, -0.15) is 5.10 Å². The van der Waals surface area contributed by atoms with Crippen molar-refractivity contribution in [3.05, 3.63) is 123 Å². The molecule has 43 heavy (non-hydrogen) atoms. The van der Waals surface area contributed by atoms with Crippen LogP contribution in [0.25, 0.3) is 11.3 Å². The number of nitrogens with zero attached hydrogens (tertiary/aromatic N) is 2. The molecule has 0 aliphatic rings. The first-order valence-corrected chi connectivity index (χ1v) is 14.7. The molecule has 0 unspecified atom stereocenters. The number of thiazole rings is 1. The number of halogens is 2. The molecule has 5 rings (SSSR count). The van der Waals surface area contributed by atoms with Crippen LogP contribution < -0.4 is 20.8 Å². The first-order valence-electron chi connectivity index (χ1n) is 13.0. The SMILES string of the molecule is Cc1ccc(NC(=O)COc2cccc(/C=N\NC(=O)c3ccc(-c4csc(Nc5ccc(Cl)cc5)n4)cc3)c2)cc1Cl. The van der Waals surface area contributed by atoms with Crippen LogP contribution >= 0.6 is 34.5 Å². The molecule has 8 nitrogen and oxygen atoms in total. The van der Waals surface area contributed by atoms with Crippen molar-refractivity contribution in [2.45, 2.75) is 6.92 Å². The van der Waals surface area contributed by atoms with E-state index in [0.29, 0.717) is 32.6 Å². The van der Waals surface area contributed by atoms with Crippen molar-refractivity contribution in [2.24, 2.45) is 5.10 Å². The predicted octanol–water partition coefficient (Wildman–Crippen LogP) is 7.95. The number of rotatable bonds is 10. The highest BCUT2D eigenvalue weighted by Crippen LogP contribution is 2.28. The molecule has 0 aliphatic carbocycles. The summed E-state index contributed by atoms with van der Waals surface area (Å²) in [6, 6.07) is 26.8. The fourth-order valence-corrected chi connectivity index (χ4v) is 4.89. The van der Waals surface area contributed by atoms with E-state index in [0.717, 1.165) is 27.6 Å². The maximum atomic E-state index is 12.6. The number of aryl methyl sites for hydroxylation is 1. The summed E-state index contributed by atoms with van der Waals surface area (Å²) in [7, 11) is 0. The average molecular weight is 631 g/mol. The Hall–Kier alpha value is -4.70.